The Morgan fingerprint density at radius 3 is 2.62 bits per heavy atom. The van der Waals surface area contributed by atoms with Crippen LogP contribution in [-0.2, 0) is 12.8 Å². The maximum atomic E-state index is 12.5. The first-order chi connectivity index (χ1) is 12.7. The number of halogens is 1. The molecule has 1 heterocycles. The number of thioether (sulfide) groups is 1. The Balaban J connectivity index is 1.41. The molecule has 0 amide bonds. The van der Waals surface area contributed by atoms with Gasteiger partial charge in [0.05, 0.1) is 5.75 Å². The van der Waals surface area contributed by atoms with Crippen LogP contribution in [-0.4, -0.2) is 21.7 Å². The second kappa shape index (κ2) is 7.64. The number of ketones is 1. The number of carbonyl (C=O) groups excluding carboxylic acids is 1. The third kappa shape index (κ3) is 3.84. The average molecular weight is 385 g/mol. The highest BCUT2D eigenvalue weighted by molar-refractivity contribution is 7.99. The Kier molecular flexibility index (Phi) is 5.09. The monoisotopic (exact) mass is 384 g/mol. The van der Waals surface area contributed by atoms with Crippen molar-refractivity contribution in [1.82, 2.24) is 10.2 Å². The Morgan fingerprint density at radius 1 is 1.04 bits per heavy atom. The van der Waals surface area contributed by atoms with Crippen LogP contribution in [0.15, 0.2) is 52.1 Å². The highest BCUT2D eigenvalue weighted by Gasteiger charge is 2.15. The van der Waals surface area contributed by atoms with Crippen LogP contribution in [0, 0.1) is 0 Å². The fraction of sp³-hybridized carbons (Fsp3) is 0.250. The SMILES string of the molecule is O=C(CSc1nnc(-c2ccc(Cl)cc2)o1)c1ccc2c(c1)CCCC2. The molecule has 0 N–H and O–H groups in total. The van der Waals surface area contributed by atoms with E-state index in [-0.39, 0.29) is 11.5 Å². The molecular formula is C20H17ClN2O2S. The molecule has 0 fully saturated rings. The van der Waals surface area contributed by atoms with Crippen molar-refractivity contribution in [3.8, 4) is 11.5 Å². The van der Waals surface area contributed by atoms with Gasteiger partial charge >= 0.3 is 0 Å². The summed E-state index contributed by atoms with van der Waals surface area (Å²) in [6.07, 6.45) is 4.63. The molecule has 1 aromatic heterocycles. The highest BCUT2D eigenvalue weighted by Crippen LogP contribution is 2.26. The normalized spacial score (nSPS) is 13.4. The van der Waals surface area contributed by atoms with Crippen LogP contribution in [0.2, 0.25) is 5.02 Å². The van der Waals surface area contributed by atoms with Crippen molar-refractivity contribution in [1.29, 1.82) is 0 Å². The number of aryl methyl sites for hydroxylation is 2. The predicted octanol–water partition coefficient (Wildman–Crippen LogP) is 5.24. The number of fused-ring (bicyclic) bond motifs is 1. The summed E-state index contributed by atoms with van der Waals surface area (Å²) in [6, 6.07) is 13.3. The average Bonchev–Trinajstić information content (AvgIpc) is 3.15. The molecule has 26 heavy (non-hydrogen) atoms. The largest absolute Gasteiger partial charge is 0.411 e. The van der Waals surface area contributed by atoms with Crippen molar-refractivity contribution >= 4 is 29.1 Å². The van der Waals surface area contributed by atoms with Gasteiger partial charge in [-0.3, -0.25) is 4.79 Å². The molecule has 0 saturated carbocycles. The maximum Gasteiger partial charge on any atom is 0.277 e. The Labute approximate surface area is 161 Å². The quantitative estimate of drug-likeness (QED) is 0.444. The third-order valence-corrected chi connectivity index (χ3v) is 5.57. The number of rotatable bonds is 5. The lowest BCUT2D eigenvalue weighted by Crippen LogP contribution is -2.07. The summed E-state index contributed by atoms with van der Waals surface area (Å²) in [6.45, 7) is 0. The van der Waals surface area contributed by atoms with Crippen molar-refractivity contribution in [2.45, 2.75) is 30.9 Å². The number of Topliss-reactive ketones (excluding diaryl/α,β-unsaturated/α-hetero) is 1. The Hall–Kier alpha value is -2.11. The number of aromatic nitrogens is 2. The molecular weight excluding hydrogens is 368 g/mol. The van der Waals surface area contributed by atoms with Crippen LogP contribution in [0.5, 0.6) is 0 Å². The number of carbonyl (C=O) groups is 1. The number of hydrogen-bond donors (Lipinski definition) is 0. The molecule has 6 heteroatoms. The van der Waals surface area contributed by atoms with Gasteiger partial charge in [-0.1, -0.05) is 35.5 Å². The van der Waals surface area contributed by atoms with Crippen molar-refractivity contribution in [2.24, 2.45) is 0 Å². The van der Waals surface area contributed by atoms with Crippen molar-refractivity contribution in [2.75, 3.05) is 5.75 Å². The van der Waals surface area contributed by atoms with E-state index in [4.69, 9.17) is 16.0 Å². The minimum Gasteiger partial charge on any atom is -0.411 e. The predicted molar refractivity (Wildman–Crippen MR) is 103 cm³/mol. The molecule has 0 saturated heterocycles. The fourth-order valence-electron chi connectivity index (χ4n) is 3.09. The van der Waals surface area contributed by atoms with E-state index in [1.807, 2.05) is 24.3 Å². The van der Waals surface area contributed by atoms with Gasteiger partial charge in [-0.25, -0.2) is 0 Å². The van der Waals surface area contributed by atoms with E-state index in [0.29, 0.717) is 16.1 Å². The molecule has 4 rings (SSSR count). The summed E-state index contributed by atoms with van der Waals surface area (Å²) in [5, 5.41) is 9.09. The first kappa shape index (κ1) is 17.3. The summed E-state index contributed by atoms with van der Waals surface area (Å²) < 4.78 is 5.63. The van der Waals surface area contributed by atoms with E-state index in [0.717, 1.165) is 24.0 Å². The Bertz CT molecular complexity index is 937. The van der Waals surface area contributed by atoms with Crippen LogP contribution in [0.1, 0.15) is 34.3 Å². The molecule has 0 unspecified atom stereocenters. The molecule has 132 valence electrons. The van der Waals surface area contributed by atoms with Gasteiger partial charge in [0.1, 0.15) is 0 Å². The van der Waals surface area contributed by atoms with Gasteiger partial charge in [0.15, 0.2) is 5.78 Å². The van der Waals surface area contributed by atoms with Gasteiger partial charge in [-0.05, 0) is 67.1 Å². The second-order valence-electron chi connectivity index (χ2n) is 6.28. The van der Waals surface area contributed by atoms with Crippen molar-refractivity contribution in [3.63, 3.8) is 0 Å². The summed E-state index contributed by atoms with van der Waals surface area (Å²) in [5.41, 5.74) is 4.25. The van der Waals surface area contributed by atoms with Gasteiger partial charge in [0.25, 0.3) is 5.22 Å². The van der Waals surface area contributed by atoms with Crippen LogP contribution in [0.4, 0.5) is 0 Å². The second-order valence-corrected chi connectivity index (χ2v) is 7.65. The lowest BCUT2D eigenvalue weighted by molar-refractivity contribution is 0.102. The summed E-state index contributed by atoms with van der Waals surface area (Å²) in [5.74, 6) is 0.779. The minimum absolute atomic E-state index is 0.0783. The molecule has 0 atom stereocenters. The molecule has 0 bridgehead atoms. The van der Waals surface area contributed by atoms with Crippen molar-refractivity contribution in [3.05, 3.63) is 64.2 Å². The zero-order valence-electron chi connectivity index (χ0n) is 14.1. The summed E-state index contributed by atoms with van der Waals surface area (Å²) >= 11 is 7.15. The lowest BCUT2D eigenvalue weighted by Gasteiger charge is -2.16. The van der Waals surface area contributed by atoms with Gasteiger partial charge < -0.3 is 4.42 Å². The minimum atomic E-state index is 0.0783. The standard InChI is InChI=1S/C20H17ClN2O2S/c21-17-9-7-14(8-10-17)19-22-23-20(25-19)26-12-18(24)16-6-5-13-3-1-2-4-15(13)11-16/h5-11H,1-4,12H2. The molecule has 1 aliphatic carbocycles. The van der Waals surface area contributed by atoms with Gasteiger partial charge in [0.2, 0.25) is 5.89 Å². The molecule has 3 aromatic rings. The van der Waals surface area contributed by atoms with Gasteiger partial charge in [0, 0.05) is 16.1 Å². The van der Waals surface area contributed by atoms with Crippen molar-refractivity contribution < 1.29 is 9.21 Å². The molecule has 0 aliphatic heterocycles. The first-order valence-electron chi connectivity index (χ1n) is 8.56. The van der Waals surface area contributed by atoms with E-state index in [1.165, 1.54) is 35.7 Å². The zero-order chi connectivity index (χ0) is 17.9. The number of hydrogen-bond acceptors (Lipinski definition) is 5. The van der Waals surface area contributed by atoms with Crippen LogP contribution >= 0.6 is 23.4 Å². The number of nitrogens with zero attached hydrogens (tertiary/aromatic N) is 2. The van der Waals surface area contributed by atoms with Crippen LogP contribution in [0.3, 0.4) is 0 Å². The molecule has 0 radical (unpaired) electrons. The van der Waals surface area contributed by atoms with Crippen LogP contribution in [0.25, 0.3) is 11.5 Å². The maximum absolute atomic E-state index is 12.5. The smallest absolute Gasteiger partial charge is 0.277 e. The summed E-state index contributed by atoms with van der Waals surface area (Å²) in [4.78, 5) is 12.5. The zero-order valence-corrected chi connectivity index (χ0v) is 15.6. The molecule has 1 aliphatic rings. The Morgan fingerprint density at radius 2 is 1.81 bits per heavy atom. The van der Waals surface area contributed by atoms with E-state index in [1.54, 1.807) is 12.1 Å². The molecule has 2 aromatic carbocycles. The highest BCUT2D eigenvalue weighted by atomic mass is 35.5. The van der Waals surface area contributed by atoms with Gasteiger partial charge in [-0.2, -0.15) is 0 Å². The first-order valence-corrected chi connectivity index (χ1v) is 9.92. The topological polar surface area (TPSA) is 56.0 Å². The summed E-state index contributed by atoms with van der Waals surface area (Å²) in [7, 11) is 0. The van der Waals surface area contributed by atoms with E-state index in [9.17, 15) is 4.79 Å². The third-order valence-electron chi connectivity index (χ3n) is 4.49. The van der Waals surface area contributed by atoms with E-state index >= 15 is 0 Å². The molecule has 4 nitrogen and oxygen atoms in total. The van der Waals surface area contributed by atoms with Crippen LogP contribution < -0.4 is 0 Å². The van der Waals surface area contributed by atoms with E-state index < -0.39 is 0 Å². The van der Waals surface area contributed by atoms with E-state index in [2.05, 4.69) is 16.3 Å². The number of benzene rings is 2. The van der Waals surface area contributed by atoms with Gasteiger partial charge in [-0.15, -0.1) is 10.2 Å². The fourth-order valence-corrected chi connectivity index (χ4v) is 3.88. The molecule has 0 spiro atoms. The lowest BCUT2D eigenvalue weighted by atomic mass is 9.90.